The molecule has 1 aliphatic heterocycles. The lowest BCUT2D eigenvalue weighted by atomic mass is 9.91. The highest BCUT2D eigenvalue weighted by Gasteiger charge is 2.40. The highest BCUT2D eigenvalue weighted by atomic mass is 16.2. The highest BCUT2D eigenvalue weighted by Crippen LogP contribution is 2.37. The first kappa shape index (κ1) is 21.6. The van der Waals surface area contributed by atoms with Gasteiger partial charge in [0.15, 0.2) is 0 Å². The maximum absolute atomic E-state index is 13.3. The number of nitrogens with zero attached hydrogens (tertiary/aromatic N) is 1. The van der Waals surface area contributed by atoms with Gasteiger partial charge in [-0.1, -0.05) is 88.1 Å². The van der Waals surface area contributed by atoms with Crippen LogP contribution in [0.5, 0.6) is 0 Å². The molecule has 0 radical (unpaired) electrons. The third-order valence-electron chi connectivity index (χ3n) is 7.37. The molecule has 3 nitrogen and oxygen atoms in total. The molecule has 2 aliphatic carbocycles. The van der Waals surface area contributed by atoms with E-state index in [1.807, 2.05) is 0 Å². The van der Waals surface area contributed by atoms with E-state index in [2.05, 4.69) is 40.5 Å². The van der Waals surface area contributed by atoms with Gasteiger partial charge in [0, 0.05) is 18.2 Å². The number of rotatable bonds is 4. The Hall–Kier alpha value is -1.61. The molecule has 1 aromatic carbocycles. The average Bonchev–Trinajstić information content (AvgIpc) is 3.02. The zero-order valence-corrected chi connectivity index (χ0v) is 18.7. The lowest BCUT2D eigenvalue weighted by Gasteiger charge is -2.32. The summed E-state index contributed by atoms with van der Waals surface area (Å²) in [6.45, 7) is 0.719. The number of amides is 1. The second kappa shape index (κ2) is 11.1. The van der Waals surface area contributed by atoms with Crippen molar-refractivity contribution in [3.05, 3.63) is 47.0 Å². The fourth-order valence-electron chi connectivity index (χ4n) is 5.64. The average molecular weight is 409 g/mol. The van der Waals surface area contributed by atoms with Crippen LogP contribution in [0.3, 0.4) is 0 Å². The second-order valence-corrected chi connectivity index (χ2v) is 9.66. The summed E-state index contributed by atoms with van der Waals surface area (Å²) in [6.07, 6.45) is 19.5. The van der Waals surface area contributed by atoms with Gasteiger partial charge in [0.2, 0.25) is 0 Å². The Morgan fingerprint density at radius 3 is 2.03 bits per heavy atom. The molecule has 1 atom stereocenters. The van der Waals surface area contributed by atoms with Crippen molar-refractivity contribution in [2.45, 2.75) is 115 Å². The van der Waals surface area contributed by atoms with Crippen molar-refractivity contribution < 1.29 is 4.79 Å². The SMILES string of the molecule is O=C1C2=C(CCCC2)C(NC2CCCCCCCCCCC2)N1Cc1ccccc1. The van der Waals surface area contributed by atoms with E-state index in [1.165, 1.54) is 94.6 Å². The van der Waals surface area contributed by atoms with Gasteiger partial charge >= 0.3 is 0 Å². The first-order valence-corrected chi connectivity index (χ1v) is 12.7. The van der Waals surface area contributed by atoms with E-state index in [4.69, 9.17) is 0 Å². The van der Waals surface area contributed by atoms with Gasteiger partial charge in [0.1, 0.15) is 6.17 Å². The van der Waals surface area contributed by atoms with E-state index >= 15 is 0 Å². The molecule has 30 heavy (non-hydrogen) atoms. The Morgan fingerprint density at radius 1 is 0.767 bits per heavy atom. The molecule has 164 valence electrons. The first-order chi connectivity index (χ1) is 14.8. The summed E-state index contributed by atoms with van der Waals surface area (Å²) < 4.78 is 0. The summed E-state index contributed by atoms with van der Waals surface area (Å²) in [5.41, 5.74) is 3.77. The molecule has 1 fully saturated rings. The van der Waals surface area contributed by atoms with E-state index < -0.39 is 0 Å². The van der Waals surface area contributed by atoms with E-state index in [0.717, 1.165) is 25.0 Å². The van der Waals surface area contributed by atoms with Crippen LogP contribution in [0.2, 0.25) is 0 Å². The van der Waals surface area contributed by atoms with Gasteiger partial charge in [-0.2, -0.15) is 0 Å². The van der Waals surface area contributed by atoms with Crippen molar-refractivity contribution in [1.82, 2.24) is 10.2 Å². The maximum Gasteiger partial charge on any atom is 0.251 e. The van der Waals surface area contributed by atoms with Crippen LogP contribution in [0.15, 0.2) is 41.5 Å². The Kier molecular flexibility index (Phi) is 8.02. The third-order valence-corrected chi connectivity index (χ3v) is 7.37. The number of hydrogen-bond acceptors (Lipinski definition) is 2. The van der Waals surface area contributed by atoms with Crippen molar-refractivity contribution in [1.29, 1.82) is 0 Å². The molecule has 4 rings (SSSR count). The van der Waals surface area contributed by atoms with E-state index in [9.17, 15) is 4.79 Å². The monoisotopic (exact) mass is 408 g/mol. The Bertz CT molecular complexity index is 699. The van der Waals surface area contributed by atoms with Gasteiger partial charge < -0.3 is 4.90 Å². The van der Waals surface area contributed by atoms with Crippen LogP contribution in [0.1, 0.15) is 102 Å². The molecular formula is C27H40N2O. The van der Waals surface area contributed by atoms with Crippen LogP contribution in [-0.2, 0) is 11.3 Å². The predicted octanol–water partition coefficient (Wildman–Crippen LogP) is 6.49. The topological polar surface area (TPSA) is 32.3 Å². The molecular weight excluding hydrogens is 368 g/mol. The predicted molar refractivity (Wildman–Crippen MR) is 124 cm³/mol. The van der Waals surface area contributed by atoms with Crippen LogP contribution in [0.4, 0.5) is 0 Å². The van der Waals surface area contributed by atoms with Gasteiger partial charge in [-0.25, -0.2) is 0 Å². The van der Waals surface area contributed by atoms with Crippen LogP contribution in [0.25, 0.3) is 0 Å². The van der Waals surface area contributed by atoms with Crippen molar-refractivity contribution >= 4 is 5.91 Å². The number of carbonyl (C=O) groups excluding carboxylic acids is 1. The molecule has 1 aromatic rings. The summed E-state index contributed by atoms with van der Waals surface area (Å²) >= 11 is 0. The van der Waals surface area contributed by atoms with E-state index in [1.54, 1.807) is 0 Å². The minimum Gasteiger partial charge on any atom is -0.315 e. The normalized spacial score (nSPS) is 25.0. The first-order valence-electron chi connectivity index (χ1n) is 12.7. The van der Waals surface area contributed by atoms with Crippen molar-refractivity contribution in [3.8, 4) is 0 Å². The fourth-order valence-corrected chi connectivity index (χ4v) is 5.64. The Balaban J connectivity index is 1.48. The third kappa shape index (κ3) is 5.55. The number of carbonyl (C=O) groups is 1. The lowest BCUT2D eigenvalue weighted by Crippen LogP contribution is -2.49. The van der Waals surface area contributed by atoms with E-state index in [-0.39, 0.29) is 6.17 Å². The van der Waals surface area contributed by atoms with E-state index in [0.29, 0.717) is 11.9 Å². The van der Waals surface area contributed by atoms with Gasteiger partial charge in [0.05, 0.1) is 0 Å². The highest BCUT2D eigenvalue weighted by molar-refractivity contribution is 5.97. The number of hydrogen-bond donors (Lipinski definition) is 1. The van der Waals surface area contributed by atoms with Crippen LogP contribution >= 0.6 is 0 Å². The zero-order valence-electron chi connectivity index (χ0n) is 18.7. The summed E-state index contributed by atoms with van der Waals surface area (Å²) in [7, 11) is 0. The Morgan fingerprint density at radius 2 is 1.37 bits per heavy atom. The summed E-state index contributed by atoms with van der Waals surface area (Å²) in [6, 6.07) is 11.1. The molecule has 1 unspecified atom stereocenters. The summed E-state index contributed by atoms with van der Waals surface area (Å²) in [5, 5.41) is 4.02. The number of nitrogens with one attached hydrogen (secondary N) is 1. The molecule has 1 saturated carbocycles. The molecule has 1 amide bonds. The molecule has 1 heterocycles. The second-order valence-electron chi connectivity index (χ2n) is 9.66. The van der Waals surface area contributed by atoms with Crippen molar-refractivity contribution in [2.75, 3.05) is 0 Å². The molecule has 0 bridgehead atoms. The van der Waals surface area contributed by atoms with Crippen LogP contribution < -0.4 is 5.32 Å². The van der Waals surface area contributed by atoms with Crippen LogP contribution in [0, 0.1) is 0 Å². The Labute approximate surface area is 183 Å². The molecule has 3 heteroatoms. The summed E-state index contributed by atoms with van der Waals surface area (Å²) in [4.78, 5) is 15.5. The largest absolute Gasteiger partial charge is 0.315 e. The van der Waals surface area contributed by atoms with Gasteiger partial charge in [0.25, 0.3) is 5.91 Å². The molecule has 0 spiro atoms. The number of benzene rings is 1. The molecule has 0 aromatic heterocycles. The minimum atomic E-state index is 0.117. The van der Waals surface area contributed by atoms with Crippen LogP contribution in [-0.4, -0.2) is 23.0 Å². The summed E-state index contributed by atoms with van der Waals surface area (Å²) in [5.74, 6) is 0.291. The molecule has 0 saturated heterocycles. The van der Waals surface area contributed by atoms with Crippen molar-refractivity contribution in [3.63, 3.8) is 0 Å². The molecule has 1 N–H and O–H groups in total. The fraction of sp³-hybridized carbons (Fsp3) is 0.667. The quantitative estimate of drug-likeness (QED) is 0.617. The molecule has 3 aliphatic rings. The maximum atomic E-state index is 13.3. The van der Waals surface area contributed by atoms with Gasteiger partial charge in [-0.3, -0.25) is 10.1 Å². The van der Waals surface area contributed by atoms with Gasteiger partial charge in [-0.05, 0) is 49.7 Å². The lowest BCUT2D eigenvalue weighted by molar-refractivity contribution is -0.128. The minimum absolute atomic E-state index is 0.117. The van der Waals surface area contributed by atoms with Gasteiger partial charge in [-0.15, -0.1) is 0 Å². The zero-order chi connectivity index (χ0) is 20.6. The standard InChI is InChI=1S/C27H40N2O/c30-27-25-20-14-13-19-24(25)26(29(27)21-22-15-9-8-10-16-22)28-23-17-11-6-4-2-1-3-5-7-12-18-23/h8-10,15-16,23,26,28H,1-7,11-14,17-21H2. The smallest absolute Gasteiger partial charge is 0.251 e. The van der Waals surface area contributed by atoms with Crippen molar-refractivity contribution in [2.24, 2.45) is 0 Å².